The van der Waals surface area contributed by atoms with E-state index >= 15 is 0 Å². The van der Waals surface area contributed by atoms with Gasteiger partial charge < -0.3 is 14.9 Å². The first-order valence-electron chi connectivity index (χ1n) is 5.61. The van der Waals surface area contributed by atoms with Crippen LogP contribution in [-0.2, 0) is 16.0 Å². The second-order valence-corrected chi connectivity index (χ2v) is 4.09. The zero-order valence-corrected chi connectivity index (χ0v) is 10.0. The molecule has 0 bridgehead atoms. The van der Waals surface area contributed by atoms with E-state index in [0.717, 1.165) is 5.56 Å². The number of rotatable bonds is 5. The van der Waals surface area contributed by atoms with E-state index in [1.54, 1.807) is 6.92 Å². The lowest BCUT2D eigenvalue weighted by Gasteiger charge is -2.18. The van der Waals surface area contributed by atoms with Crippen molar-refractivity contribution >= 4 is 5.97 Å². The van der Waals surface area contributed by atoms with Gasteiger partial charge in [-0.3, -0.25) is 0 Å². The highest BCUT2D eigenvalue weighted by atomic mass is 16.6. The van der Waals surface area contributed by atoms with Crippen molar-refractivity contribution in [3.63, 3.8) is 0 Å². The van der Waals surface area contributed by atoms with E-state index in [4.69, 9.17) is 4.74 Å². The number of hydrogen-bond donors (Lipinski definition) is 2. The molecule has 0 aliphatic heterocycles. The van der Waals surface area contributed by atoms with Crippen LogP contribution in [0.15, 0.2) is 30.3 Å². The second-order valence-electron chi connectivity index (χ2n) is 4.09. The monoisotopic (exact) mass is 238 g/mol. The molecule has 0 spiro atoms. The molecule has 1 aromatic rings. The average molecular weight is 238 g/mol. The Hall–Kier alpha value is -1.39. The molecule has 0 heterocycles. The molecule has 0 unspecified atom stereocenters. The molecule has 0 aliphatic rings. The second kappa shape index (κ2) is 6.37. The van der Waals surface area contributed by atoms with Gasteiger partial charge in [-0.2, -0.15) is 0 Å². The van der Waals surface area contributed by atoms with Gasteiger partial charge in [0.1, 0.15) is 6.10 Å². The van der Waals surface area contributed by atoms with Crippen LogP contribution in [-0.4, -0.2) is 34.5 Å². The van der Waals surface area contributed by atoms with Crippen LogP contribution >= 0.6 is 0 Å². The fourth-order valence-corrected chi connectivity index (χ4v) is 1.28. The van der Waals surface area contributed by atoms with Gasteiger partial charge in [0.05, 0.1) is 6.10 Å². The van der Waals surface area contributed by atoms with Crippen LogP contribution in [0.3, 0.4) is 0 Å². The molecule has 0 saturated carbocycles. The minimum atomic E-state index is -1.20. The predicted molar refractivity (Wildman–Crippen MR) is 63.4 cm³/mol. The Morgan fingerprint density at radius 3 is 2.35 bits per heavy atom. The molecular weight excluding hydrogens is 220 g/mol. The Morgan fingerprint density at radius 1 is 1.24 bits per heavy atom. The largest absolute Gasteiger partial charge is 0.458 e. The number of aliphatic hydroxyl groups excluding tert-OH is 2. The maximum absolute atomic E-state index is 11.5. The van der Waals surface area contributed by atoms with Gasteiger partial charge in [0.2, 0.25) is 0 Å². The van der Waals surface area contributed by atoms with E-state index in [2.05, 4.69) is 0 Å². The van der Waals surface area contributed by atoms with E-state index in [-0.39, 0.29) is 6.42 Å². The normalized spacial score (nSPS) is 16.0. The summed E-state index contributed by atoms with van der Waals surface area (Å²) in [4.78, 5) is 11.5. The standard InChI is InChI=1S/C13H18O4/c1-9(14)10(2)17-13(16)12(15)8-11-6-4-3-5-7-11/h3-7,9-10,12,14-15H,8H2,1-2H3/t9-,10-,12-/m0/s1. The summed E-state index contributed by atoms with van der Waals surface area (Å²) in [7, 11) is 0. The van der Waals surface area contributed by atoms with E-state index in [9.17, 15) is 15.0 Å². The number of benzene rings is 1. The summed E-state index contributed by atoms with van der Waals surface area (Å²) in [5.41, 5.74) is 0.863. The van der Waals surface area contributed by atoms with Crippen molar-refractivity contribution in [3.8, 4) is 0 Å². The number of hydrogen-bond acceptors (Lipinski definition) is 4. The molecular formula is C13H18O4. The molecule has 3 atom stereocenters. The van der Waals surface area contributed by atoms with Crippen molar-refractivity contribution < 1.29 is 19.7 Å². The summed E-state index contributed by atoms with van der Waals surface area (Å²) in [5, 5.41) is 18.8. The lowest BCUT2D eigenvalue weighted by atomic mass is 10.1. The fourth-order valence-electron chi connectivity index (χ4n) is 1.28. The third kappa shape index (κ3) is 4.54. The highest BCUT2D eigenvalue weighted by molar-refractivity contribution is 5.75. The lowest BCUT2D eigenvalue weighted by Crippen LogP contribution is -2.33. The van der Waals surface area contributed by atoms with Gasteiger partial charge in [-0.05, 0) is 19.4 Å². The summed E-state index contributed by atoms with van der Waals surface area (Å²) in [6, 6.07) is 9.20. The van der Waals surface area contributed by atoms with Crippen LogP contribution in [0.25, 0.3) is 0 Å². The minimum Gasteiger partial charge on any atom is -0.458 e. The SMILES string of the molecule is C[C@H](O)[C@H](C)OC(=O)[C@@H](O)Cc1ccccc1. The van der Waals surface area contributed by atoms with E-state index in [1.165, 1.54) is 6.92 Å². The van der Waals surface area contributed by atoms with Crippen LogP contribution in [0.4, 0.5) is 0 Å². The number of carbonyl (C=O) groups excluding carboxylic acids is 1. The number of esters is 1. The molecule has 4 heteroatoms. The molecule has 2 N–H and O–H groups in total. The quantitative estimate of drug-likeness (QED) is 0.748. The molecule has 94 valence electrons. The van der Waals surface area contributed by atoms with E-state index < -0.39 is 24.3 Å². The highest BCUT2D eigenvalue weighted by Crippen LogP contribution is 2.06. The van der Waals surface area contributed by atoms with Crippen molar-refractivity contribution in [3.05, 3.63) is 35.9 Å². The topological polar surface area (TPSA) is 66.8 Å². The third-order valence-electron chi connectivity index (χ3n) is 2.53. The fraction of sp³-hybridized carbons (Fsp3) is 0.462. The molecule has 4 nitrogen and oxygen atoms in total. The van der Waals surface area contributed by atoms with Gasteiger partial charge >= 0.3 is 5.97 Å². The van der Waals surface area contributed by atoms with Gasteiger partial charge in [0.25, 0.3) is 0 Å². The Kier molecular flexibility index (Phi) is 5.12. The Labute approximate surface area is 101 Å². The van der Waals surface area contributed by atoms with Gasteiger partial charge in [0, 0.05) is 6.42 Å². The molecule has 0 amide bonds. The van der Waals surface area contributed by atoms with Crippen LogP contribution < -0.4 is 0 Å². The van der Waals surface area contributed by atoms with Crippen LogP contribution in [0.5, 0.6) is 0 Å². The van der Waals surface area contributed by atoms with Crippen molar-refractivity contribution in [2.45, 2.75) is 38.6 Å². The first-order valence-corrected chi connectivity index (χ1v) is 5.61. The van der Waals surface area contributed by atoms with Crippen molar-refractivity contribution in [1.29, 1.82) is 0 Å². The lowest BCUT2D eigenvalue weighted by molar-refractivity contribution is -0.162. The predicted octanol–water partition coefficient (Wildman–Crippen LogP) is 0.902. The maximum atomic E-state index is 11.5. The van der Waals surface area contributed by atoms with Gasteiger partial charge in [-0.1, -0.05) is 30.3 Å². The van der Waals surface area contributed by atoms with Crippen molar-refractivity contribution in [2.24, 2.45) is 0 Å². The summed E-state index contributed by atoms with van der Waals surface area (Å²) >= 11 is 0. The summed E-state index contributed by atoms with van der Waals surface area (Å²) in [6.45, 7) is 3.11. The van der Waals surface area contributed by atoms with Gasteiger partial charge in [-0.15, -0.1) is 0 Å². The number of ether oxygens (including phenoxy) is 1. The molecule has 0 radical (unpaired) electrons. The maximum Gasteiger partial charge on any atom is 0.335 e. The number of aliphatic hydroxyl groups is 2. The van der Waals surface area contributed by atoms with Crippen molar-refractivity contribution in [2.75, 3.05) is 0 Å². The third-order valence-corrected chi connectivity index (χ3v) is 2.53. The highest BCUT2D eigenvalue weighted by Gasteiger charge is 2.21. The first kappa shape index (κ1) is 13.7. The first-order chi connectivity index (χ1) is 8.00. The molecule has 17 heavy (non-hydrogen) atoms. The van der Waals surface area contributed by atoms with E-state index in [1.807, 2.05) is 30.3 Å². The Bertz CT molecular complexity index is 348. The van der Waals surface area contributed by atoms with E-state index in [0.29, 0.717) is 0 Å². The summed E-state index contributed by atoms with van der Waals surface area (Å²) in [6.07, 6.45) is -2.35. The van der Waals surface area contributed by atoms with Gasteiger partial charge in [0.15, 0.2) is 6.10 Å². The van der Waals surface area contributed by atoms with Crippen LogP contribution in [0, 0.1) is 0 Å². The van der Waals surface area contributed by atoms with Crippen molar-refractivity contribution in [1.82, 2.24) is 0 Å². The molecule has 1 aromatic carbocycles. The number of carbonyl (C=O) groups is 1. The average Bonchev–Trinajstić information content (AvgIpc) is 2.29. The smallest absolute Gasteiger partial charge is 0.335 e. The Morgan fingerprint density at radius 2 is 1.82 bits per heavy atom. The van der Waals surface area contributed by atoms with Gasteiger partial charge in [-0.25, -0.2) is 4.79 Å². The summed E-state index contributed by atoms with van der Waals surface area (Å²) in [5.74, 6) is -0.706. The Balaban J connectivity index is 2.48. The summed E-state index contributed by atoms with van der Waals surface area (Å²) < 4.78 is 4.91. The zero-order chi connectivity index (χ0) is 12.8. The molecule has 1 rings (SSSR count). The minimum absolute atomic E-state index is 0.214. The molecule has 0 saturated heterocycles. The molecule has 0 aromatic heterocycles. The molecule has 0 aliphatic carbocycles. The van der Waals surface area contributed by atoms with Crippen LogP contribution in [0.1, 0.15) is 19.4 Å². The molecule has 0 fully saturated rings. The van der Waals surface area contributed by atoms with Crippen LogP contribution in [0.2, 0.25) is 0 Å². The zero-order valence-electron chi connectivity index (χ0n) is 10.0.